The lowest BCUT2D eigenvalue weighted by Gasteiger charge is -2.40. The topological polar surface area (TPSA) is 272 Å². The van der Waals surface area contributed by atoms with Gasteiger partial charge in [0.2, 0.25) is 12.6 Å². The second-order valence-electron chi connectivity index (χ2n) is 20.1. The summed E-state index contributed by atoms with van der Waals surface area (Å²) in [6.45, 7) is 23.6. The van der Waals surface area contributed by atoms with Gasteiger partial charge in [-0.15, -0.1) is 0 Å². The van der Waals surface area contributed by atoms with E-state index in [0.717, 1.165) is 11.1 Å². The molecular formula is C46H74N2O16. The summed E-state index contributed by atoms with van der Waals surface area (Å²) in [5.41, 5.74) is 0.711. The number of ether oxygens (including phenoxy) is 6. The van der Waals surface area contributed by atoms with Gasteiger partial charge in [0, 0.05) is 17.0 Å². The van der Waals surface area contributed by atoms with Crippen LogP contribution in [0.3, 0.4) is 0 Å². The second-order valence-corrected chi connectivity index (χ2v) is 20.1. The Labute approximate surface area is 377 Å². The zero-order valence-corrected chi connectivity index (χ0v) is 38.7. The molecule has 2 aromatic carbocycles. The summed E-state index contributed by atoms with van der Waals surface area (Å²) in [6.07, 6.45) is -12.5. The number of carbonyl (C=O) groups excluding carboxylic acids is 2. The first-order chi connectivity index (χ1) is 28.8. The van der Waals surface area contributed by atoms with Crippen molar-refractivity contribution in [3.05, 3.63) is 47.5 Å². The molecule has 2 aliphatic heterocycles. The summed E-state index contributed by atoms with van der Waals surface area (Å²) < 4.78 is 33.4. The molecule has 18 heteroatoms. The normalized spacial score (nSPS) is 26.2. The molecule has 18 nitrogen and oxygen atoms in total. The summed E-state index contributed by atoms with van der Waals surface area (Å²) in [7, 11) is 0. The molecule has 2 saturated heterocycles. The van der Waals surface area contributed by atoms with Crippen molar-refractivity contribution in [1.29, 1.82) is 0 Å². The first-order valence-corrected chi connectivity index (χ1v) is 20.9. The number of aliphatic hydroxyl groups is 6. The van der Waals surface area contributed by atoms with Gasteiger partial charge in [0.05, 0.1) is 34.9 Å². The van der Waals surface area contributed by atoms with E-state index < -0.39 is 84.6 Å². The summed E-state index contributed by atoms with van der Waals surface area (Å²) >= 11 is 0. The van der Waals surface area contributed by atoms with E-state index in [2.05, 4.69) is 10.6 Å². The minimum Gasteiger partial charge on any atom is -0.479 e. The molecule has 64 heavy (non-hydrogen) atoms. The van der Waals surface area contributed by atoms with Crippen molar-refractivity contribution >= 4 is 29.3 Å². The van der Waals surface area contributed by atoms with Crippen molar-refractivity contribution < 1.29 is 78.6 Å². The van der Waals surface area contributed by atoms with Gasteiger partial charge in [-0.25, -0.2) is 4.79 Å². The third-order valence-electron chi connectivity index (χ3n) is 9.56. The van der Waals surface area contributed by atoms with E-state index in [0.29, 0.717) is 22.9 Å². The molecule has 10 unspecified atom stereocenters. The Morgan fingerprint density at radius 3 is 1.41 bits per heavy atom. The van der Waals surface area contributed by atoms with Crippen molar-refractivity contribution in [3.8, 4) is 11.5 Å². The zero-order chi connectivity index (χ0) is 48.0. The van der Waals surface area contributed by atoms with Gasteiger partial charge in [0.1, 0.15) is 55.2 Å². The summed E-state index contributed by atoms with van der Waals surface area (Å²) in [5, 5.41) is 75.7. The molecule has 0 aliphatic carbocycles. The molecule has 2 fully saturated rings. The van der Waals surface area contributed by atoms with Crippen LogP contribution in [0.5, 0.6) is 11.5 Å². The van der Waals surface area contributed by atoms with Gasteiger partial charge in [-0.1, -0.05) is 26.5 Å². The number of anilines is 2. The number of aliphatic hydroxyl groups excluding tert-OH is 6. The van der Waals surface area contributed by atoms with Gasteiger partial charge in [-0.3, -0.25) is 9.59 Å². The maximum absolute atomic E-state index is 12.1. The summed E-state index contributed by atoms with van der Waals surface area (Å²) in [6, 6.07) is 10.3. The van der Waals surface area contributed by atoms with Crippen molar-refractivity contribution in [1.82, 2.24) is 0 Å². The molecule has 2 aliphatic rings. The van der Waals surface area contributed by atoms with Crippen LogP contribution in [0.25, 0.3) is 0 Å². The van der Waals surface area contributed by atoms with Crippen LogP contribution < -0.4 is 20.1 Å². The molecule has 10 atom stereocenters. The van der Waals surface area contributed by atoms with Crippen molar-refractivity contribution in [3.63, 3.8) is 0 Å². The highest BCUT2D eigenvalue weighted by Gasteiger charge is 2.47. The lowest BCUT2D eigenvalue weighted by atomic mass is 9.92. The highest BCUT2D eigenvalue weighted by molar-refractivity contribution is 5.76. The molecule has 9 N–H and O–H groups in total. The molecule has 2 aromatic rings. The van der Waals surface area contributed by atoms with E-state index >= 15 is 0 Å². The molecular weight excluding hydrogens is 837 g/mol. The Morgan fingerprint density at radius 1 is 0.609 bits per heavy atom. The molecule has 0 saturated carbocycles. The Bertz CT molecular complexity index is 1840. The molecule has 2 heterocycles. The van der Waals surface area contributed by atoms with Crippen molar-refractivity contribution in [2.45, 2.75) is 177 Å². The van der Waals surface area contributed by atoms with E-state index in [-0.39, 0.29) is 43.7 Å². The van der Waals surface area contributed by atoms with Crippen LogP contribution >= 0.6 is 0 Å². The van der Waals surface area contributed by atoms with Crippen molar-refractivity contribution in [2.24, 2.45) is 16.7 Å². The molecule has 0 spiro atoms. The molecule has 0 bridgehead atoms. The fourth-order valence-electron chi connectivity index (χ4n) is 6.03. The lowest BCUT2D eigenvalue weighted by Crippen LogP contribution is -2.60. The molecule has 364 valence electrons. The average molecular weight is 911 g/mol. The van der Waals surface area contributed by atoms with Gasteiger partial charge in [0.25, 0.3) is 0 Å². The van der Waals surface area contributed by atoms with Crippen LogP contribution in [-0.2, 0) is 46.5 Å². The Hall–Kier alpha value is -4.27. The number of carbonyl (C=O) groups is 3. The standard InChI is InChI=1S/C23H35NO8.C22H35NO8.CH4/c1-12-16(25)17(26)18(19(27)28)32-20(12)31-15-9-8-13(10-14(15)24-23(5,6)7)11-30-21(29)22(2,3)4;1-21(2,3)20(28)29-11-12-7-8-14(13(9-12)23-22(4,5)6)30-19-18(27)17(26)16(25)15(10-24)31-19;/h8-10,12,16-18,20,24-26H,11H2,1-7H3,(H,27,28);7-9,15-19,23-27H,10-11H2,1-6H3;1H4. The third kappa shape index (κ3) is 16.0. The maximum atomic E-state index is 12.1. The lowest BCUT2D eigenvalue weighted by molar-refractivity contribution is -0.277. The number of carboxylic acid groups (broad SMARTS) is 1. The van der Waals surface area contributed by atoms with Crippen LogP contribution in [0.4, 0.5) is 11.4 Å². The number of nitrogens with one attached hydrogen (secondary N) is 2. The van der Waals surface area contributed by atoms with Crippen LogP contribution in [0.15, 0.2) is 36.4 Å². The smallest absolute Gasteiger partial charge is 0.335 e. The van der Waals surface area contributed by atoms with Gasteiger partial charge in [-0.2, -0.15) is 0 Å². The minimum atomic E-state index is -1.61. The molecule has 0 aromatic heterocycles. The number of esters is 2. The van der Waals surface area contributed by atoms with Crippen LogP contribution in [0.2, 0.25) is 0 Å². The molecule has 0 radical (unpaired) electrons. The number of hydrogen-bond donors (Lipinski definition) is 9. The summed E-state index contributed by atoms with van der Waals surface area (Å²) in [5.74, 6) is -2.02. The van der Waals surface area contributed by atoms with E-state index in [1.54, 1.807) is 84.9 Å². The number of rotatable bonds is 12. The van der Waals surface area contributed by atoms with Gasteiger partial charge in [-0.05, 0) is 118 Å². The quantitative estimate of drug-likeness (QED) is 0.134. The predicted octanol–water partition coefficient (Wildman–Crippen LogP) is 4.33. The fraction of sp³-hybridized carbons (Fsp3) is 0.674. The fourth-order valence-corrected chi connectivity index (χ4v) is 6.03. The Kier molecular flexibility index (Phi) is 19.4. The van der Waals surface area contributed by atoms with E-state index in [4.69, 9.17) is 28.4 Å². The monoisotopic (exact) mass is 911 g/mol. The summed E-state index contributed by atoms with van der Waals surface area (Å²) in [4.78, 5) is 35.6. The number of benzene rings is 2. The van der Waals surface area contributed by atoms with E-state index in [1.807, 2.05) is 41.5 Å². The third-order valence-corrected chi connectivity index (χ3v) is 9.56. The number of carboxylic acids is 1. The highest BCUT2D eigenvalue weighted by atomic mass is 16.7. The van der Waals surface area contributed by atoms with Gasteiger partial charge < -0.3 is 74.8 Å². The van der Waals surface area contributed by atoms with Gasteiger partial charge in [0.15, 0.2) is 6.10 Å². The second kappa shape index (κ2) is 22.3. The minimum absolute atomic E-state index is 0. The Balaban J connectivity index is 0.000000434. The zero-order valence-electron chi connectivity index (χ0n) is 38.7. The van der Waals surface area contributed by atoms with Gasteiger partial charge >= 0.3 is 17.9 Å². The van der Waals surface area contributed by atoms with Crippen LogP contribution in [0, 0.1) is 16.7 Å². The number of aliphatic carboxylic acids is 1. The maximum Gasteiger partial charge on any atom is 0.335 e. The average Bonchev–Trinajstić information content (AvgIpc) is 3.16. The largest absolute Gasteiger partial charge is 0.479 e. The Morgan fingerprint density at radius 2 is 1.03 bits per heavy atom. The molecule has 4 rings (SSSR count). The number of hydrogen-bond acceptors (Lipinski definition) is 17. The van der Waals surface area contributed by atoms with E-state index in [9.17, 15) is 50.1 Å². The SMILES string of the molecule is C.CC(C)(C)Nc1cc(COC(=O)C(C)(C)C)ccc1OC1OC(CO)C(O)C(O)C1O.CC1C(Oc2ccc(COC(=O)C(C)(C)C)cc2NC(C)(C)C)OC(C(=O)O)C(O)C1O. The van der Waals surface area contributed by atoms with Crippen molar-refractivity contribution in [2.75, 3.05) is 17.2 Å². The van der Waals surface area contributed by atoms with Crippen LogP contribution in [-0.4, -0.2) is 127 Å². The predicted molar refractivity (Wildman–Crippen MR) is 237 cm³/mol. The molecule has 0 amide bonds. The highest BCUT2D eigenvalue weighted by Crippen LogP contribution is 2.36. The van der Waals surface area contributed by atoms with Crippen LogP contribution in [0.1, 0.15) is 109 Å². The van der Waals surface area contributed by atoms with E-state index in [1.165, 1.54) is 0 Å². The first kappa shape index (κ1) is 55.9. The first-order valence-electron chi connectivity index (χ1n) is 20.9.